The third-order valence-electron chi connectivity index (χ3n) is 5.12. The first-order chi connectivity index (χ1) is 16.0. The van der Waals surface area contributed by atoms with Crippen LogP contribution in [0.2, 0.25) is 0 Å². The van der Waals surface area contributed by atoms with E-state index in [4.69, 9.17) is 0 Å². The first-order valence-corrected chi connectivity index (χ1v) is 11.0. The molecule has 6 nitrogen and oxygen atoms in total. The number of hydrogen-bond donors (Lipinski definition) is 2. The van der Waals surface area contributed by atoms with Crippen molar-refractivity contribution < 1.29 is 14.4 Å². The molecule has 0 saturated carbocycles. The molecule has 3 amide bonds. The monoisotopic (exact) mass is 443 g/mol. The van der Waals surface area contributed by atoms with Gasteiger partial charge in [0.25, 0.3) is 0 Å². The fraction of sp³-hybridized carbons (Fsp3) is 0.222. The molecule has 6 heteroatoms. The van der Waals surface area contributed by atoms with Crippen molar-refractivity contribution in [2.45, 2.75) is 26.3 Å². The highest BCUT2D eigenvalue weighted by Crippen LogP contribution is 2.10. The largest absolute Gasteiger partial charge is 0.345 e. The number of benzene rings is 3. The van der Waals surface area contributed by atoms with Gasteiger partial charge in [-0.25, -0.2) is 0 Å². The van der Waals surface area contributed by atoms with Crippen LogP contribution in [0.25, 0.3) is 0 Å². The molecule has 3 rings (SSSR count). The Hall–Kier alpha value is -3.93. The van der Waals surface area contributed by atoms with E-state index < -0.39 is 0 Å². The summed E-state index contributed by atoms with van der Waals surface area (Å²) in [7, 11) is 0. The highest BCUT2D eigenvalue weighted by Gasteiger charge is 2.18. The van der Waals surface area contributed by atoms with Crippen LogP contribution in [0.3, 0.4) is 0 Å². The zero-order chi connectivity index (χ0) is 23.5. The molecule has 0 aliphatic heterocycles. The SMILES string of the molecule is Cc1cccc(NC(=O)CNC(=O)CN(Cc2ccccc2)C(=O)CCc2ccccc2)c1. The number of carbonyl (C=O) groups is 3. The summed E-state index contributed by atoms with van der Waals surface area (Å²) in [5, 5.41) is 5.38. The summed E-state index contributed by atoms with van der Waals surface area (Å²) < 4.78 is 0. The summed E-state index contributed by atoms with van der Waals surface area (Å²) in [6.45, 7) is 2.00. The van der Waals surface area contributed by atoms with Gasteiger partial charge in [0, 0.05) is 18.7 Å². The molecule has 0 aliphatic carbocycles. The predicted octanol–water partition coefficient (Wildman–Crippen LogP) is 3.71. The van der Waals surface area contributed by atoms with Crippen LogP contribution in [0.15, 0.2) is 84.9 Å². The zero-order valence-electron chi connectivity index (χ0n) is 18.8. The third kappa shape index (κ3) is 8.26. The lowest BCUT2D eigenvalue weighted by molar-refractivity contribution is -0.136. The van der Waals surface area contributed by atoms with E-state index in [-0.39, 0.29) is 30.8 Å². The van der Waals surface area contributed by atoms with Gasteiger partial charge in [-0.05, 0) is 42.2 Å². The molecule has 3 aromatic carbocycles. The highest BCUT2D eigenvalue weighted by molar-refractivity contribution is 5.95. The molecule has 0 aromatic heterocycles. The fourth-order valence-corrected chi connectivity index (χ4v) is 3.43. The van der Waals surface area contributed by atoms with Crippen molar-refractivity contribution in [2.24, 2.45) is 0 Å². The molecule has 0 bridgehead atoms. The van der Waals surface area contributed by atoms with E-state index in [0.29, 0.717) is 25.1 Å². The van der Waals surface area contributed by atoms with E-state index in [1.54, 1.807) is 6.07 Å². The summed E-state index contributed by atoms with van der Waals surface area (Å²) in [5.74, 6) is -0.806. The summed E-state index contributed by atoms with van der Waals surface area (Å²) in [6, 6.07) is 26.8. The molecule has 0 aliphatic rings. The van der Waals surface area contributed by atoms with E-state index in [2.05, 4.69) is 10.6 Å². The van der Waals surface area contributed by atoms with Crippen LogP contribution in [0.4, 0.5) is 5.69 Å². The summed E-state index contributed by atoms with van der Waals surface area (Å²) in [4.78, 5) is 39.2. The molecule has 0 heterocycles. The smallest absolute Gasteiger partial charge is 0.243 e. The zero-order valence-corrected chi connectivity index (χ0v) is 18.8. The van der Waals surface area contributed by atoms with Crippen molar-refractivity contribution in [1.82, 2.24) is 10.2 Å². The lowest BCUT2D eigenvalue weighted by Crippen LogP contribution is -2.42. The number of carbonyl (C=O) groups excluding carboxylic acids is 3. The molecule has 0 radical (unpaired) electrons. The van der Waals surface area contributed by atoms with E-state index in [1.165, 1.54) is 4.90 Å². The Bertz CT molecular complexity index is 1070. The Kier molecular flexibility index (Phi) is 8.77. The molecule has 0 saturated heterocycles. The predicted molar refractivity (Wildman–Crippen MR) is 129 cm³/mol. The minimum Gasteiger partial charge on any atom is -0.345 e. The van der Waals surface area contributed by atoms with Crippen LogP contribution in [0, 0.1) is 6.92 Å². The van der Waals surface area contributed by atoms with E-state index in [1.807, 2.05) is 85.8 Å². The minimum absolute atomic E-state index is 0.109. The summed E-state index contributed by atoms with van der Waals surface area (Å²) in [5.41, 5.74) is 3.72. The van der Waals surface area contributed by atoms with Crippen molar-refractivity contribution in [2.75, 3.05) is 18.4 Å². The van der Waals surface area contributed by atoms with Gasteiger partial charge in [0.1, 0.15) is 0 Å². The molecule has 2 N–H and O–H groups in total. The molecule has 170 valence electrons. The Morgan fingerprint density at radius 2 is 1.45 bits per heavy atom. The lowest BCUT2D eigenvalue weighted by Gasteiger charge is -2.22. The fourth-order valence-electron chi connectivity index (χ4n) is 3.43. The summed E-state index contributed by atoms with van der Waals surface area (Å²) in [6.07, 6.45) is 0.906. The van der Waals surface area contributed by atoms with Gasteiger partial charge in [0.2, 0.25) is 17.7 Å². The second-order valence-corrected chi connectivity index (χ2v) is 7.92. The molecule has 0 fully saturated rings. The first kappa shape index (κ1) is 23.7. The van der Waals surface area contributed by atoms with Gasteiger partial charge in [0.05, 0.1) is 13.1 Å². The van der Waals surface area contributed by atoms with E-state index in [9.17, 15) is 14.4 Å². The van der Waals surface area contributed by atoms with Gasteiger partial charge < -0.3 is 15.5 Å². The number of hydrogen-bond acceptors (Lipinski definition) is 3. The quantitative estimate of drug-likeness (QED) is 0.501. The van der Waals surface area contributed by atoms with Crippen LogP contribution < -0.4 is 10.6 Å². The van der Waals surface area contributed by atoms with Crippen molar-refractivity contribution in [3.63, 3.8) is 0 Å². The number of amides is 3. The molecule has 0 atom stereocenters. The van der Waals surface area contributed by atoms with Crippen LogP contribution in [-0.4, -0.2) is 35.7 Å². The van der Waals surface area contributed by atoms with Crippen LogP contribution >= 0.6 is 0 Å². The van der Waals surface area contributed by atoms with Gasteiger partial charge in [-0.2, -0.15) is 0 Å². The van der Waals surface area contributed by atoms with Gasteiger partial charge >= 0.3 is 0 Å². The van der Waals surface area contributed by atoms with Crippen LogP contribution in [0.5, 0.6) is 0 Å². The average Bonchev–Trinajstić information content (AvgIpc) is 2.82. The van der Waals surface area contributed by atoms with Gasteiger partial charge in [-0.15, -0.1) is 0 Å². The van der Waals surface area contributed by atoms with Gasteiger partial charge in [-0.3, -0.25) is 14.4 Å². The number of rotatable bonds is 10. The second kappa shape index (κ2) is 12.2. The first-order valence-electron chi connectivity index (χ1n) is 11.0. The molecule has 0 spiro atoms. The third-order valence-corrected chi connectivity index (χ3v) is 5.12. The van der Waals surface area contributed by atoms with Crippen molar-refractivity contribution in [3.8, 4) is 0 Å². The standard InChI is InChI=1S/C27H29N3O3/c1-21-9-8-14-24(17-21)29-25(31)18-28-26(32)20-30(19-23-12-6-3-7-13-23)27(33)16-15-22-10-4-2-5-11-22/h2-14,17H,15-16,18-20H2,1H3,(H,28,32)(H,29,31). The summed E-state index contributed by atoms with van der Waals surface area (Å²) >= 11 is 0. The maximum absolute atomic E-state index is 12.9. The van der Waals surface area contributed by atoms with Crippen LogP contribution in [-0.2, 0) is 27.3 Å². The number of nitrogens with one attached hydrogen (secondary N) is 2. The Balaban J connectivity index is 1.55. The Labute approximate surface area is 194 Å². The molecule has 3 aromatic rings. The normalized spacial score (nSPS) is 10.3. The van der Waals surface area contributed by atoms with Crippen molar-refractivity contribution in [1.29, 1.82) is 0 Å². The average molecular weight is 444 g/mol. The van der Waals surface area contributed by atoms with Crippen LogP contribution in [0.1, 0.15) is 23.1 Å². The maximum Gasteiger partial charge on any atom is 0.243 e. The second-order valence-electron chi connectivity index (χ2n) is 7.92. The molecule has 0 unspecified atom stereocenters. The number of nitrogens with zero attached hydrogens (tertiary/aromatic N) is 1. The Morgan fingerprint density at radius 1 is 0.788 bits per heavy atom. The maximum atomic E-state index is 12.9. The van der Waals surface area contributed by atoms with E-state index in [0.717, 1.165) is 16.7 Å². The topological polar surface area (TPSA) is 78.5 Å². The molecule has 33 heavy (non-hydrogen) atoms. The van der Waals surface area contributed by atoms with Crippen molar-refractivity contribution >= 4 is 23.4 Å². The molecular weight excluding hydrogens is 414 g/mol. The van der Waals surface area contributed by atoms with Gasteiger partial charge in [0.15, 0.2) is 0 Å². The number of aryl methyl sites for hydroxylation is 2. The minimum atomic E-state index is -0.376. The van der Waals surface area contributed by atoms with Crippen molar-refractivity contribution in [3.05, 3.63) is 102 Å². The van der Waals surface area contributed by atoms with E-state index >= 15 is 0 Å². The molecular formula is C27H29N3O3. The highest BCUT2D eigenvalue weighted by atomic mass is 16.2. The number of anilines is 1. The lowest BCUT2D eigenvalue weighted by atomic mass is 10.1. The Morgan fingerprint density at radius 3 is 2.12 bits per heavy atom. The van der Waals surface area contributed by atoms with Gasteiger partial charge in [-0.1, -0.05) is 72.8 Å².